The normalized spacial score (nSPS) is 11.3. The molecule has 0 unspecified atom stereocenters. The number of nitrogens with zero attached hydrogens (tertiary/aromatic N) is 3. The second-order valence-electron chi connectivity index (χ2n) is 2.16. The number of hydrogen-bond acceptors (Lipinski definition) is 5. The van der Waals surface area contributed by atoms with Crippen LogP contribution in [0.25, 0.3) is 0 Å². The highest BCUT2D eigenvalue weighted by molar-refractivity contribution is 6.29. The van der Waals surface area contributed by atoms with Crippen molar-refractivity contribution in [3.63, 3.8) is 0 Å². The Labute approximate surface area is 76.1 Å². The Morgan fingerprint density at radius 1 is 1.31 bits per heavy atom. The molecular weight excluding hydrogens is 170 g/mol. The first-order valence-corrected chi connectivity index (χ1v) is 3.39. The van der Waals surface area contributed by atoms with E-state index in [1.54, 1.807) is 6.92 Å². The quantitative estimate of drug-likeness (QED) is 0.244. The third kappa shape index (κ3) is 7.85. The fraction of sp³-hybridized carbons (Fsp3) is 0.167. The lowest BCUT2D eigenvalue weighted by atomic mass is 10.5. The van der Waals surface area contributed by atoms with Crippen molar-refractivity contribution in [2.45, 2.75) is 6.92 Å². The molecule has 0 saturated carbocycles. The molecule has 0 spiro atoms. The first-order chi connectivity index (χ1) is 6.02. The van der Waals surface area contributed by atoms with E-state index in [1.165, 1.54) is 6.21 Å². The van der Waals surface area contributed by atoms with Gasteiger partial charge in [-0.25, -0.2) is 0 Å². The van der Waals surface area contributed by atoms with E-state index in [-0.39, 0.29) is 11.8 Å². The molecule has 0 amide bonds. The van der Waals surface area contributed by atoms with Crippen molar-refractivity contribution in [3.8, 4) is 0 Å². The van der Waals surface area contributed by atoms with E-state index in [0.29, 0.717) is 5.71 Å². The molecule has 7 heteroatoms. The van der Waals surface area contributed by atoms with Gasteiger partial charge in [0.1, 0.15) is 5.82 Å². The maximum atomic E-state index is 5.17. The number of hydrogen-bond donors (Lipinski definition) is 4. The first kappa shape index (κ1) is 11.0. The summed E-state index contributed by atoms with van der Waals surface area (Å²) in [6.07, 6.45) is 1.41. The van der Waals surface area contributed by atoms with E-state index >= 15 is 0 Å². The summed E-state index contributed by atoms with van der Waals surface area (Å²) in [7, 11) is 0. The minimum atomic E-state index is -0.107. The van der Waals surface area contributed by atoms with E-state index in [1.807, 2.05) is 0 Å². The molecule has 0 aliphatic heterocycles. The van der Waals surface area contributed by atoms with E-state index in [0.717, 1.165) is 0 Å². The van der Waals surface area contributed by atoms with Crippen LogP contribution in [0.15, 0.2) is 27.7 Å². The molecule has 0 saturated heterocycles. The second kappa shape index (κ2) is 5.58. The standard InChI is InChI=1S/C6H13N7/c1-4(11-13-6(8)9)3-10-12-5(2)7/h3,12H,2,7H2,1H3,(H4,8,9,13)/b10-3-,11-4-. The molecule has 0 aromatic rings. The summed E-state index contributed by atoms with van der Waals surface area (Å²) in [5.74, 6) is 0.134. The Kier molecular flexibility index (Phi) is 4.70. The van der Waals surface area contributed by atoms with E-state index in [9.17, 15) is 0 Å². The molecule has 0 aromatic carbocycles. The van der Waals surface area contributed by atoms with E-state index in [2.05, 4.69) is 27.3 Å². The molecule has 0 heterocycles. The zero-order valence-electron chi connectivity index (χ0n) is 7.36. The molecule has 0 radical (unpaired) electrons. The van der Waals surface area contributed by atoms with Crippen molar-refractivity contribution in [1.29, 1.82) is 0 Å². The third-order valence-electron chi connectivity index (χ3n) is 0.783. The maximum Gasteiger partial charge on any atom is 0.211 e. The summed E-state index contributed by atoms with van der Waals surface area (Å²) in [5, 5.41) is 10.7. The largest absolute Gasteiger partial charge is 0.385 e. The Hall–Kier alpha value is -2.05. The average molecular weight is 183 g/mol. The van der Waals surface area contributed by atoms with Gasteiger partial charge in [-0.05, 0) is 6.92 Å². The van der Waals surface area contributed by atoms with Crippen LogP contribution in [-0.2, 0) is 0 Å². The number of nitrogens with two attached hydrogens (primary N) is 3. The van der Waals surface area contributed by atoms with Gasteiger partial charge in [0.05, 0.1) is 11.9 Å². The summed E-state index contributed by atoms with van der Waals surface area (Å²) in [6, 6.07) is 0. The Morgan fingerprint density at radius 3 is 2.38 bits per heavy atom. The van der Waals surface area contributed by atoms with Crippen molar-refractivity contribution in [2.24, 2.45) is 32.5 Å². The summed E-state index contributed by atoms with van der Waals surface area (Å²) < 4.78 is 0. The zero-order valence-corrected chi connectivity index (χ0v) is 7.36. The topological polar surface area (TPSA) is 127 Å². The molecule has 0 aliphatic carbocycles. The lowest BCUT2D eigenvalue weighted by molar-refractivity contribution is 0.883. The predicted octanol–water partition coefficient (Wildman–Crippen LogP) is -1.36. The minimum Gasteiger partial charge on any atom is -0.385 e. The Balaban J connectivity index is 4.06. The van der Waals surface area contributed by atoms with E-state index < -0.39 is 0 Å². The predicted molar refractivity (Wildman–Crippen MR) is 53.9 cm³/mol. The van der Waals surface area contributed by atoms with Gasteiger partial charge in [-0.2, -0.15) is 10.2 Å². The summed E-state index contributed by atoms with van der Waals surface area (Å²) in [4.78, 5) is 0. The Bertz CT molecular complexity index is 258. The van der Waals surface area contributed by atoms with Gasteiger partial charge >= 0.3 is 0 Å². The highest BCUT2D eigenvalue weighted by atomic mass is 15.3. The van der Waals surface area contributed by atoms with Gasteiger partial charge in [-0.3, -0.25) is 5.43 Å². The van der Waals surface area contributed by atoms with Gasteiger partial charge in [0.25, 0.3) is 0 Å². The van der Waals surface area contributed by atoms with E-state index in [4.69, 9.17) is 17.2 Å². The lowest BCUT2D eigenvalue weighted by Crippen LogP contribution is -2.22. The highest BCUT2D eigenvalue weighted by Gasteiger charge is 1.83. The summed E-state index contributed by atoms with van der Waals surface area (Å²) >= 11 is 0. The molecule has 0 bridgehead atoms. The molecule has 0 aromatic heterocycles. The van der Waals surface area contributed by atoms with Crippen LogP contribution in [0, 0.1) is 0 Å². The van der Waals surface area contributed by atoms with Crippen LogP contribution in [0.4, 0.5) is 0 Å². The van der Waals surface area contributed by atoms with Crippen molar-refractivity contribution < 1.29 is 0 Å². The van der Waals surface area contributed by atoms with Crippen molar-refractivity contribution in [2.75, 3.05) is 0 Å². The smallest absolute Gasteiger partial charge is 0.211 e. The number of guanidine groups is 1. The van der Waals surface area contributed by atoms with Crippen LogP contribution < -0.4 is 22.6 Å². The SMILES string of the molecule is C=C(N)N/N=C\C(C)=N/N=C(N)N. The number of rotatable bonds is 4. The van der Waals surface area contributed by atoms with Gasteiger partial charge in [-0.1, -0.05) is 6.58 Å². The molecule has 0 rings (SSSR count). The fourth-order valence-electron chi connectivity index (χ4n) is 0.371. The van der Waals surface area contributed by atoms with Gasteiger partial charge in [0.2, 0.25) is 5.96 Å². The van der Waals surface area contributed by atoms with Crippen LogP contribution in [0.3, 0.4) is 0 Å². The molecule has 7 nitrogen and oxygen atoms in total. The van der Waals surface area contributed by atoms with Crippen molar-refractivity contribution >= 4 is 17.9 Å². The second-order valence-corrected chi connectivity index (χ2v) is 2.16. The maximum absolute atomic E-state index is 5.17. The van der Waals surface area contributed by atoms with Gasteiger partial charge in [0, 0.05) is 0 Å². The molecule has 72 valence electrons. The molecule has 13 heavy (non-hydrogen) atoms. The van der Waals surface area contributed by atoms with Crippen molar-refractivity contribution in [1.82, 2.24) is 5.43 Å². The molecule has 7 N–H and O–H groups in total. The van der Waals surface area contributed by atoms with Gasteiger partial charge < -0.3 is 17.2 Å². The summed E-state index contributed by atoms with van der Waals surface area (Å²) in [6.45, 7) is 5.05. The van der Waals surface area contributed by atoms with Crippen LogP contribution in [0.1, 0.15) is 6.92 Å². The average Bonchev–Trinajstić information content (AvgIpc) is 2.00. The number of nitrogens with one attached hydrogen (secondary N) is 1. The lowest BCUT2D eigenvalue weighted by Gasteiger charge is -1.94. The van der Waals surface area contributed by atoms with Crippen LogP contribution in [0.5, 0.6) is 0 Å². The highest BCUT2D eigenvalue weighted by Crippen LogP contribution is 1.75. The molecular formula is C6H13N7. The monoisotopic (exact) mass is 183 g/mol. The number of hydrazone groups is 1. The van der Waals surface area contributed by atoms with Crippen LogP contribution in [-0.4, -0.2) is 17.9 Å². The fourth-order valence-corrected chi connectivity index (χ4v) is 0.371. The first-order valence-electron chi connectivity index (χ1n) is 3.39. The zero-order chi connectivity index (χ0) is 10.3. The van der Waals surface area contributed by atoms with Crippen LogP contribution >= 0.6 is 0 Å². The van der Waals surface area contributed by atoms with Gasteiger partial charge in [-0.15, -0.1) is 5.10 Å². The Morgan fingerprint density at radius 2 is 1.92 bits per heavy atom. The minimum absolute atomic E-state index is 0.107. The third-order valence-corrected chi connectivity index (χ3v) is 0.783. The molecule has 0 aliphatic rings. The summed E-state index contributed by atoms with van der Waals surface area (Å²) in [5.41, 5.74) is 18.2. The molecule has 0 atom stereocenters. The van der Waals surface area contributed by atoms with Gasteiger partial charge in [0.15, 0.2) is 0 Å². The van der Waals surface area contributed by atoms with Crippen LogP contribution in [0.2, 0.25) is 0 Å². The molecule has 0 fully saturated rings. The van der Waals surface area contributed by atoms with Crippen molar-refractivity contribution in [3.05, 3.63) is 12.4 Å².